The Morgan fingerprint density at radius 1 is 1.64 bits per heavy atom. The van der Waals surface area contributed by atoms with Crippen molar-refractivity contribution in [2.45, 2.75) is 19.4 Å². The van der Waals surface area contributed by atoms with E-state index in [1.54, 1.807) is 18.3 Å². The van der Waals surface area contributed by atoms with Crippen LogP contribution in [0.4, 0.5) is 5.82 Å². The molecular formula is C10H14N4. The maximum Gasteiger partial charge on any atom is 0.126 e. The summed E-state index contributed by atoms with van der Waals surface area (Å²) in [5, 5.41) is 11.7. The van der Waals surface area contributed by atoms with Crippen LogP contribution in [0.15, 0.2) is 18.3 Å². The lowest BCUT2D eigenvalue weighted by Gasteiger charge is -2.10. The smallest absolute Gasteiger partial charge is 0.126 e. The van der Waals surface area contributed by atoms with Gasteiger partial charge in [-0.05, 0) is 18.6 Å². The summed E-state index contributed by atoms with van der Waals surface area (Å²) in [4.78, 5) is 4.07. The van der Waals surface area contributed by atoms with Crippen LogP contribution < -0.4 is 11.1 Å². The van der Waals surface area contributed by atoms with Crippen molar-refractivity contribution in [3.8, 4) is 6.07 Å². The van der Waals surface area contributed by atoms with Crippen molar-refractivity contribution >= 4 is 5.82 Å². The topological polar surface area (TPSA) is 74.7 Å². The molecule has 0 aliphatic heterocycles. The summed E-state index contributed by atoms with van der Waals surface area (Å²) < 4.78 is 0. The molecule has 0 saturated heterocycles. The molecule has 1 rings (SSSR count). The fourth-order valence-electron chi connectivity index (χ4n) is 0.945. The number of hydrogen-bond donors (Lipinski definition) is 2. The largest absolute Gasteiger partial charge is 0.369 e. The fourth-order valence-corrected chi connectivity index (χ4v) is 0.945. The summed E-state index contributed by atoms with van der Waals surface area (Å²) >= 11 is 0. The van der Waals surface area contributed by atoms with E-state index in [1.165, 1.54) is 0 Å². The number of hydrogen-bond acceptors (Lipinski definition) is 4. The molecule has 1 unspecified atom stereocenters. The second-order valence-corrected chi connectivity index (χ2v) is 3.09. The van der Waals surface area contributed by atoms with Crippen LogP contribution in [0, 0.1) is 11.3 Å². The number of aromatic nitrogens is 1. The number of nitrogens with two attached hydrogens (primary N) is 1. The van der Waals surface area contributed by atoms with Crippen LogP contribution >= 0.6 is 0 Å². The number of nitrogens with one attached hydrogen (secondary N) is 1. The van der Waals surface area contributed by atoms with Gasteiger partial charge in [0.05, 0.1) is 5.56 Å². The van der Waals surface area contributed by atoms with E-state index in [0.717, 1.165) is 12.2 Å². The van der Waals surface area contributed by atoms with E-state index >= 15 is 0 Å². The van der Waals surface area contributed by atoms with Crippen LogP contribution in [-0.2, 0) is 0 Å². The van der Waals surface area contributed by atoms with E-state index in [0.29, 0.717) is 12.1 Å². The minimum absolute atomic E-state index is 0.146. The van der Waals surface area contributed by atoms with Gasteiger partial charge in [-0.25, -0.2) is 4.98 Å². The summed E-state index contributed by atoms with van der Waals surface area (Å²) in [7, 11) is 0. The van der Waals surface area contributed by atoms with Gasteiger partial charge < -0.3 is 11.1 Å². The zero-order chi connectivity index (χ0) is 10.4. The summed E-state index contributed by atoms with van der Waals surface area (Å²) in [5.41, 5.74) is 6.30. The molecule has 3 N–H and O–H groups in total. The van der Waals surface area contributed by atoms with Crippen molar-refractivity contribution in [1.29, 1.82) is 5.26 Å². The Bertz CT molecular complexity index is 312. The van der Waals surface area contributed by atoms with E-state index in [9.17, 15) is 0 Å². The van der Waals surface area contributed by atoms with Gasteiger partial charge in [0.15, 0.2) is 0 Å². The summed E-state index contributed by atoms with van der Waals surface area (Å²) in [6, 6.07) is 5.67. The number of nitrogens with zero attached hydrogens (tertiary/aromatic N) is 2. The fraction of sp³-hybridized carbons (Fsp3) is 0.400. The molecule has 1 heterocycles. The quantitative estimate of drug-likeness (QED) is 0.745. The molecule has 1 aromatic heterocycles. The standard InChI is InChI=1S/C10H14N4/c1-2-9(12)7-14-10-4-3-8(5-11)6-13-10/h3-4,6,9H,2,7,12H2,1H3,(H,13,14). The third-order valence-corrected chi connectivity index (χ3v) is 1.96. The first-order chi connectivity index (χ1) is 6.76. The van der Waals surface area contributed by atoms with Crippen molar-refractivity contribution in [1.82, 2.24) is 4.98 Å². The van der Waals surface area contributed by atoms with E-state index in [4.69, 9.17) is 11.0 Å². The average molecular weight is 190 g/mol. The molecule has 0 aliphatic carbocycles. The zero-order valence-electron chi connectivity index (χ0n) is 8.20. The Kier molecular flexibility index (Phi) is 3.89. The maximum atomic E-state index is 8.55. The van der Waals surface area contributed by atoms with Gasteiger partial charge >= 0.3 is 0 Å². The molecule has 1 atom stereocenters. The zero-order valence-corrected chi connectivity index (χ0v) is 8.20. The lowest BCUT2D eigenvalue weighted by atomic mass is 10.2. The Morgan fingerprint density at radius 3 is 2.93 bits per heavy atom. The highest BCUT2D eigenvalue weighted by atomic mass is 15.0. The van der Waals surface area contributed by atoms with Crippen LogP contribution in [0.3, 0.4) is 0 Å². The Balaban J connectivity index is 2.49. The molecule has 4 heteroatoms. The second-order valence-electron chi connectivity index (χ2n) is 3.09. The summed E-state index contributed by atoms with van der Waals surface area (Å²) in [6.45, 7) is 2.74. The number of pyridine rings is 1. The van der Waals surface area contributed by atoms with Gasteiger partial charge in [-0.2, -0.15) is 5.26 Å². The molecule has 0 amide bonds. The lowest BCUT2D eigenvalue weighted by molar-refractivity contribution is 0.678. The van der Waals surface area contributed by atoms with Crippen LogP contribution in [0.2, 0.25) is 0 Å². The van der Waals surface area contributed by atoms with Crippen molar-refractivity contribution in [3.63, 3.8) is 0 Å². The molecule has 1 aromatic rings. The number of nitriles is 1. The highest BCUT2D eigenvalue weighted by Gasteiger charge is 1.99. The average Bonchev–Trinajstić information content (AvgIpc) is 2.26. The third-order valence-electron chi connectivity index (χ3n) is 1.96. The number of rotatable bonds is 4. The van der Waals surface area contributed by atoms with Gasteiger partial charge in [-0.1, -0.05) is 6.92 Å². The van der Waals surface area contributed by atoms with E-state index in [-0.39, 0.29) is 6.04 Å². The van der Waals surface area contributed by atoms with Gasteiger partial charge in [0.25, 0.3) is 0 Å². The predicted octanol–water partition coefficient (Wildman–Crippen LogP) is 1.10. The molecule has 0 aromatic carbocycles. The van der Waals surface area contributed by atoms with Crippen molar-refractivity contribution in [2.24, 2.45) is 5.73 Å². The Labute approximate surface area is 83.8 Å². The second kappa shape index (κ2) is 5.20. The molecule has 0 fully saturated rings. The highest BCUT2D eigenvalue weighted by Crippen LogP contribution is 2.03. The lowest BCUT2D eigenvalue weighted by Crippen LogP contribution is -2.28. The van der Waals surface area contributed by atoms with Gasteiger partial charge in [0.1, 0.15) is 11.9 Å². The summed E-state index contributed by atoms with van der Waals surface area (Å²) in [5.74, 6) is 0.757. The first-order valence-electron chi connectivity index (χ1n) is 4.62. The van der Waals surface area contributed by atoms with Crippen molar-refractivity contribution < 1.29 is 0 Å². The molecule has 14 heavy (non-hydrogen) atoms. The van der Waals surface area contributed by atoms with Crippen LogP contribution in [0.1, 0.15) is 18.9 Å². The third kappa shape index (κ3) is 3.04. The molecule has 0 radical (unpaired) electrons. The molecular weight excluding hydrogens is 176 g/mol. The first-order valence-corrected chi connectivity index (χ1v) is 4.62. The van der Waals surface area contributed by atoms with Gasteiger partial charge in [-0.15, -0.1) is 0 Å². The van der Waals surface area contributed by atoms with E-state index < -0.39 is 0 Å². The van der Waals surface area contributed by atoms with Crippen molar-refractivity contribution in [3.05, 3.63) is 23.9 Å². The van der Waals surface area contributed by atoms with Gasteiger partial charge in [-0.3, -0.25) is 0 Å². The first kappa shape index (κ1) is 10.5. The van der Waals surface area contributed by atoms with E-state index in [2.05, 4.69) is 10.3 Å². The minimum Gasteiger partial charge on any atom is -0.369 e. The molecule has 0 aliphatic rings. The Hall–Kier alpha value is -1.60. The van der Waals surface area contributed by atoms with Gasteiger partial charge in [0.2, 0.25) is 0 Å². The predicted molar refractivity (Wildman–Crippen MR) is 55.7 cm³/mol. The molecule has 0 spiro atoms. The minimum atomic E-state index is 0.146. The molecule has 0 bridgehead atoms. The Morgan fingerprint density at radius 2 is 2.43 bits per heavy atom. The number of anilines is 1. The molecule has 4 nitrogen and oxygen atoms in total. The van der Waals surface area contributed by atoms with E-state index in [1.807, 2.05) is 13.0 Å². The molecule has 0 saturated carbocycles. The monoisotopic (exact) mass is 190 g/mol. The van der Waals surface area contributed by atoms with Crippen molar-refractivity contribution in [2.75, 3.05) is 11.9 Å². The van der Waals surface area contributed by atoms with Gasteiger partial charge in [0, 0.05) is 18.8 Å². The highest BCUT2D eigenvalue weighted by molar-refractivity contribution is 5.38. The maximum absolute atomic E-state index is 8.55. The van der Waals surface area contributed by atoms with Crippen LogP contribution in [-0.4, -0.2) is 17.6 Å². The van der Waals surface area contributed by atoms with Crippen LogP contribution in [0.5, 0.6) is 0 Å². The SMILES string of the molecule is CCC(N)CNc1ccc(C#N)cn1. The summed E-state index contributed by atoms with van der Waals surface area (Å²) in [6.07, 6.45) is 2.48. The van der Waals surface area contributed by atoms with Crippen LogP contribution in [0.25, 0.3) is 0 Å². The molecule has 74 valence electrons. The normalized spacial score (nSPS) is 11.8.